The van der Waals surface area contributed by atoms with Crippen molar-refractivity contribution in [1.82, 2.24) is 10.2 Å². The molecular weight excluding hydrogens is 232 g/mol. The van der Waals surface area contributed by atoms with Crippen LogP contribution < -0.4 is 5.32 Å². The Morgan fingerprint density at radius 1 is 1.16 bits per heavy atom. The Morgan fingerprint density at radius 2 is 1.79 bits per heavy atom. The Balaban J connectivity index is 2.66. The maximum Gasteiger partial charge on any atom is 0.0321 e. The highest BCUT2D eigenvalue weighted by Crippen LogP contribution is 2.20. The lowest BCUT2D eigenvalue weighted by molar-refractivity contribution is 0.183. The van der Waals surface area contributed by atoms with Gasteiger partial charge >= 0.3 is 0 Å². The van der Waals surface area contributed by atoms with Gasteiger partial charge in [-0.1, -0.05) is 50.1 Å². The van der Waals surface area contributed by atoms with E-state index in [2.05, 4.69) is 75.4 Å². The fourth-order valence-electron chi connectivity index (χ4n) is 2.01. The van der Waals surface area contributed by atoms with Crippen molar-refractivity contribution in [3.8, 4) is 0 Å². The summed E-state index contributed by atoms with van der Waals surface area (Å²) in [5, 5.41) is 3.75. The molecule has 0 bridgehead atoms. The Kier molecular flexibility index (Phi) is 6.53. The van der Waals surface area contributed by atoms with E-state index in [1.807, 2.05) is 0 Å². The van der Waals surface area contributed by atoms with Gasteiger partial charge in [-0.25, -0.2) is 0 Å². The molecule has 108 valence electrons. The molecule has 0 aliphatic carbocycles. The summed E-state index contributed by atoms with van der Waals surface area (Å²) < 4.78 is 0. The molecule has 1 aromatic carbocycles. The van der Waals surface area contributed by atoms with Crippen LogP contribution in [0, 0.1) is 0 Å². The third-order valence-corrected chi connectivity index (χ3v) is 4.04. The highest BCUT2D eigenvalue weighted by atomic mass is 15.2. The van der Waals surface area contributed by atoms with E-state index < -0.39 is 0 Å². The zero-order valence-corrected chi connectivity index (χ0v) is 13.2. The van der Waals surface area contributed by atoms with Crippen molar-refractivity contribution in [3.63, 3.8) is 0 Å². The van der Waals surface area contributed by atoms with E-state index in [1.54, 1.807) is 0 Å². The van der Waals surface area contributed by atoms with Gasteiger partial charge in [0.2, 0.25) is 0 Å². The standard InChI is InChI=1S/C17H30N2/c1-6-7-13-16(15-11-9-8-10-12-15)18-14-17(2,3)19(4)5/h8-12,16,18H,6-7,13-14H2,1-5H3. The van der Waals surface area contributed by atoms with Crippen molar-refractivity contribution in [2.24, 2.45) is 0 Å². The minimum atomic E-state index is 0.180. The van der Waals surface area contributed by atoms with Crippen LogP contribution in [0.15, 0.2) is 30.3 Å². The molecule has 1 unspecified atom stereocenters. The number of likely N-dealkylation sites (N-methyl/N-ethyl adjacent to an activating group) is 1. The molecule has 1 atom stereocenters. The predicted molar refractivity (Wildman–Crippen MR) is 84.5 cm³/mol. The number of rotatable bonds is 8. The lowest BCUT2D eigenvalue weighted by Crippen LogP contribution is -2.47. The molecular formula is C17H30N2. The summed E-state index contributed by atoms with van der Waals surface area (Å²) in [4.78, 5) is 2.28. The largest absolute Gasteiger partial charge is 0.308 e. The Morgan fingerprint density at radius 3 is 2.32 bits per heavy atom. The van der Waals surface area contributed by atoms with Crippen LogP contribution >= 0.6 is 0 Å². The zero-order chi connectivity index (χ0) is 14.3. The Bertz CT molecular complexity index is 344. The molecule has 1 aromatic rings. The van der Waals surface area contributed by atoms with E-state index in [-0.39, 0.29) is 5.54 Å². The van der Waals surface area contributed by atoms with E-state index >= 15 is 0 Å². The molecule has 0 aliphatic heterocycles. The van der Waals surface area contributed by atoms with Gasteiger partial charge in [-0.2, -0.15) is 0 Å². The van der Waals surface area contributed by atoms with Gasteiger partial charge in [0.15, 0.2) is 0 Å². The highest BCUT2D eigenvalue weighted by Gasteiger charge is 2.22. The van der Waals surface area contributed by atoms with Gasteiger partial charge in [0, 0.05) is 18.1 Å². The summed E-state index contributed by atoms with van der Waals surface area (Å²) in [5.41, 5.74) is 1.59. The third kappa shape index (κ3) is 5.33. The van der Waals surface area contributed by atoms with Crippen molar-refractivity contribution in [2.45, 2.75) is 51.6 Å². The van der Waals surface area contributed by atoms with Gasteiger partial charge in [-0.3, -0.25) is 0 Å². The minimum absolute atomic E-state index is 0.180. The Labute approximate surface area is 119 Å². The normalized spacial score (nSPS) is 13.8. The summed E-state index contributed by atoms with van der Waals surface area (Å²) in [5.74, 6) is 0. The summed E-state index contributed by atoms with van der Waals surface area (Å²) >= 11 is 0. The van der Waals surface area contributed by atoms with Gasteiger partial charge in [-0.15, -0.1) is 0 Å². The molecule has 0 radical (unpaired) electrons. The first kappa shape index (κ1) is 16.2. The smallest absolute Gasteiger partial charge is 0.0321 e. The van der Waals surface area contributed by atoms with Crippen LogP contribution in [0.2, 0.25) is 0 Å². The third-order valence-electron chi connectivity index (χ3n) is 4.04. The van der Waals surface area contributed by atoms with Gasteiger partial charge < -0.3 is 10.2 Å². The number of hydrogen-bond acceptors (Lipinski definition) is 2. The van der Waals surface area contributed by atoms with Crippen LogP contribution in [0.4, 0.5) is 0 Å². The van der Waals surface area contributed by atoms with Crippen molar-refractivity contribution in [2.75, 3.05) is 20.6 Å². The molecule has 0 saturated carbocycles. The van der Waals surface area contributed by atoms with E-state index in [4.69, 9.17) is 0 Å². The fourth-order valence-corrected chi connectivity index (χ4v) is 2.01. The number of benzene rings is 1. The van der Waals surface area contributed by atoms with Crippen LogP contribution in [-0.4, -0.2) is 31.1 Å². The summed E-state index contributed by atoms with van der Waals surface area (Å²) in [7, 11) is 4.29. The number of unbranched alkanes of at least 4 members (excludes halogenated alkanes) is 1. The van der Waals surface area contributed by atoms with Crippen molar-refractivity contribution >= 4 is 0 Å². The topological polar surface area (TPSA) is 15.3 Å². The number of nitrogens with zero attached hydrogens (tertiary/aromatic N) is 1. The minimum Gasteiger partial charge on any atom is -0.308 e. The van der Waals surface area contributed by atoms with Gasteiger partial charge in [-0.05, 0) is 39.9 Å². The molecule has 0 spiro atoms. The predicted octanol–water partition coefficient (Wildman–Crippen LogP) is 3.85. The lowest BCUT2D eigenvalue weighted by atomic mass is 9.98. The number of nitrogens with one attached hydrogen (secondary N) is 1. The molecule has 0 aliphatic rings. The average molecular weight is 262 g/mol. The van der Waals surface area contributed by atoms with Gasteiger partial charge in [0.05, 0.1) is 0 Å². The molecule has 2 nitrogen and oxygen atoms in total. The molecule has 19 heavy (non-hydrogen) atoms. The van der Waals surface area contributed by atoms with E-state index in [0.717, 1.165) is 6.54 Å². The first-order valence-corrected chi connectivity index (χ1v) is 7.43. The number of hydrogen-bond donors (Lipinski definition) is 1. The zero-order valence-electron chi connectivity index (χ0n) is 13.2. The average Bonchev–Trinajstić information content (AvgIpc) is 2.39. The van der Waals surface area contributed by atoms with E-state index in [9.17, 15) is 0 Å². The molecule has 1 rings (SSSR count). The quantitative estimate of drug-likeness (QED) is 0.765. The molecule has 1 N–H and O–H groups in total. The van der Waals surface area contributed by atoms with E-state index in [0.29, 0.717) is 6.04 Å². The summed E-state index contributed by atoms with van der Waals surface area (Å²) in [6.07, 6.45) is 3.74. The second-order valence-corrected chi connectivity index (χ2v) is 6.19. The maximum absolute atomic E-state index is 3.75. The second kappa shape index (κ2) is 7.66. The first-order chi connectivity index (χ1) is 8.97. The Hall–Kier alpha value is -0.860. The molecule has 0 aromatic heterocycles. The van der Waals surface area contributed by atoms with Crippen LogP contribution in [0.1, 0.15) is 51.6 Å². The second-order valence-electron chi connectivity index (χ2n) is 6.19. The SMILES string of the molecule is CCCCC(NCC(C)(C)N(C)C)c1ccccc1. The van der Waals surface area contributed by atoms with Gasteiger partial charge in [0.1, 0.15) is 0 Å². The van der Waals surface area contributed by atoms with E-state index in [1.165, 1.54) is 24.8 Å². The first-order valence-electron chi connectivity index (χ1n) is 7.43. The van der Waals surface area contributed by atoms with Crippen LogP contribution in [-0.2, 0) is 0 Å². The molecule has 0 saturated heterocycles. The van der Waals surface area contributed by atoms with Crippen molar-refractivity contribution < 1.29 is 0 Å². The maximum atomic E-state index is 3.75. The molecule has 0 fully saturated rings. The van der Waals surface area contributed by atoms with Crippen LogP contribution in [0.3, 0.4) is 0 Å². The lowest BCUT2D eigenvalue weighted by Gasteiger charge is -2.34. The monoisotopic (exact) mass is 262 g/mol. The van der Waals surface area contributed by atoms with Crippen LogP contribution in [0.25, 0.3) is 0 Å². The van der Waals surface area contributed by atoms with Gasteiger partial charge in [0.25, 0.3) is 0 Å². The molecule has 0 amide bonds. The van der Waals surface area contributed by atoms with Crippen LogP contribution in [0.5, 0.6) is 0 Å². The van der Waals surface area contributed by atoms with Crippen molar-refractivity contribution in [3.05, 3.63) is 35.9 Å². The molecule has 2 heteroatoms. The summed E-state index contributed by atoms with van der Waals surface area (Å²) in [6, 6.07) is 11.3. The summed E-state index contributed by atoms with van der Waals surface area (Å²) in [6.45, 7) is 7.82. The molecule has 0 heterocycles. The van der Waals surface area contributed by atoms with Crippen molar-refractivity contribution in [1.29, 1.82) is 0 Å². The highest BCUT2D eigenvalue weighted by molar-refractivity contribution is 5.18. The fraction of sp³-hybridized carbons (Fsp3) is 0.647.